The van der Waals surface area contributed by atoms with Gasteiger partial charge in [-0.1, -0.05) is 32.5 Å². The van der Waals surface area contributed by atoms with Crippen LogP contribution >= 0.6 is 11.8 Å². The molecular formula is C16H22N4OS. The van der Waals surface area contributed by atoms with E-state index in [4.69, 9.17) is 0 Å². The molecule has 2 heterocycles. The average molecular weight is 318 g/mol. The molecule has 0 atom stereocenters. The maximum absolute atomic E-state index is 12.0. The van der Waals surface area contributed by atoms with Crippen LogP contribution in [-0.4, -0.2) is 45.4 Å². The van der Waals surface area contributed by atoms with E-state index < -0.39 is 0 Å². The zero-order valence-electron chi connectivity index (χ0n) is 13.5. The van der Waals surface area contributed by atoms with Crippen LogP contribution in [-0.2, 0) is 4.79 Å². The molecule has 0 saturated heterocycles. The molecule has 118 valence electrons. The Labute approximate surface area is 135 Å². The number of carbonyl (C=O) groups is 1. The summed E-state index contributed by atoms with van der Waals surface area (Å²) in [6, 6.07) is 3.88. The molecule has 1 aromatic heterocycles. The lowest BCUT2D eigenvalue weighted by atomic mass is 9.92. The third-order valence-corrected chi connectivity index (χ3v) is 4.42. The molecule has 1 aliphatic heterocycles. The predicted octanol–water partition coefficient (Wildman–Crippen LogP) is 2.83. The SMILES string of the molecule is CCN1CC(c2cccnc2)=NN=C1SCC(=O)C(C)(C)C. The fourth-order valence-corrected chi connectivity index (χ4v) is 3.01. The average Bonchev–Trinajstić information content (AvgIpc) is 2.52. The molecule has 0 unspecified atom stereocenters. The summed E-state index contributed by atoms with van der Waals surface area (Å²) in [4.78, 5) is 18.3. The molecule has 0 radical (unpaired) electrons. The highest BCUT2D eigenvalue weighted by atomic mass is 32.2. The minimum Gasteiger partial charge on any atom is -0.344 e. The molecule has 5 nitrogen and oxygen atoms in total. The highest BCUT2D eigenvalue weighted by molar-refractivity contribution is 8.14. The Morgan fingerprint density at radius 1 is 1.36 bits per heavy atom. The number of Topliss-reactive ketones (excluding diaryl/α,β-unsaturated/α-hetero) is 1. The molecule has 2 rings (SSSR count). The molecule has 0 amide bonds. The van der Waals surface area contributed by atoms with E-state index in [0.717, 1.165) is 23.0 Å². The van der Waals surface area contributed by atoms with Crippen LogP contribution in [0.4, 0.5) is 0 Å². The minimum atomic E-state index is -0.316. The molecule has 6 heteroatoms. The zero-order valence-corrected chi connectivity index (χ0v) is 14.4. The van der Waals surface area contributed by atoms with Gasteiger partial charge in [-0.05, 0) is 19.1 Å². The van der Waals surface area contributed by atoms with Gasteiger partial charge >= 0.3 is 0 Å². The van der Waals surface area contributed by atoms with Crippen molar-refractivity contribution in [2.24, 2.45) is 15.6 Å². The van der Waals surface area contributed by atoms with Gasteiger partial charge in [0.05, 0.1) is 18.0 Å². The van der Waals surface area contributed by atoms with Crippen molar-refractivity contribution in [1.82, 2.24) is 9.88 Å². The molecule has 0 aromatic carbocycles. The first-order valence-electron chi connectivity index (χ1n) is 7.37. The molecule has 22 heavy (non-hydrogen) atoms. The largest absolute Gasteiger partial charge is 0.344 e. The summed E-state index contributed by atoms with van der Waals surface area (Å²) in [5, 5.41) is 9.43. The molecule has 0 bridgehead atoms. The van der Waals surface area contributed by atoms with Crippen LogP contribution in [0.2, 0.25) is 0 Å². The van der Waals surface area contributed by atoms with Crippen molar-refractivity contribution in [3.63, 3.8) is 0 Å². The maximum Gasteiger partial charge on any atom is 0.186 e. The van der Waals surface area contributed by atoms with E-state index in [2.05, 4.69) is 27.0 Å². The summed E-state index contributed by atoms with van der Waals surface area (Å²) >= 11 is 1.47. The number of likely N-dealkylation sites (N-methyl/N-ethyl adjacent to an activating group) is 1. The van der Waals surface area contributed by atoms with Crippen LogP contribution in [0.25, 0.3) is 0 Å². The van der Waals surface area contributed by atoms with Crippen molar-refractivity contribution in [2.75, 3.05) is 18.8 Å². The highest BCUT2D eigenvalue weighted by Gasteiger charge is 2.24. The van der Waals surface area contributed by atoms with Crippen molar-refractivity contribution < 1.29 is 4.79 Å². The molecule has 0 aliphatic carbocycles. The fraction of sp³-hybridized carbons (Fsp3) is 0.500. The lowest BCUT2D eigenvalue weighted by Crippen LogP contribution is -2.37. The molecule has 1 aliphatic rings. The van der Waals surface area contributed by atoms with E-state index in [1.807, 2.05) is 32.9 Å². The number of pyridine rings is 1. The molecule has 1 aromatic rings. The van der Waals surface area contributed by atoms with Gasteiger partial charge in [-0.3, -0.25) is 9.78 Å². The number of thioether (sulfide) groups is 1. The second-order valence-electron chi connectivity index (χ2n) is 6.15. The Bertz CT molecular complexity index is 590. The van der Waals surface area contributed by atoms with Crippen molar-refractivity contribution >= 4 is 28.4 Å². The first-order chi connectivity index (χ1) is 10.4. The van der Waals surface area contributed by atoms with Crippen LogP contribution in [0.15, 0.2) is 34.7 Å². The molecule has 0 N–H and O–H groups in total. The number of carbonyl (C=O) groups excluding carboxylic acids is 1. The third kappa shape index (κ3) is 4.16. The number of amidine groups is 1. The quantitative estimate of drug-likeness (QED) is 0.856. The first kappa shape index (κ1) is 16.7. The summed E-state index contributed by atoms with van der Waals surface area (Å²) in [6.45, 7) is 9.42. The number of rotatable bonds is 4. The van der Waals surface area contributed by atoms with Gasteiger partial charge in [0.1, 0.15) is 5.78 Å². The number of hydrogen-bond acceptors (Lipinski definition) is 6. The second kappa shape index (κ2) is 7.05. The van der Waals surface area contributed by atoms with E-state index in [0.29, 0.717) is 12.3 Å². The van der Waals surface area contributed by atoms with Gasteiger partial charge in [0.2, 0.25) is 0 Å². The monoisotopic (exact) mass is 318 g/mol. The predicted molar refractivity (Wildman–Crippen MR) is 92.4 cm³/mol. The summed E-state index contributed by atoms with van der Waals surface area (Å²) in [5.41, 5.74) is 1.57. The van der Waals surface area contributed by atoms with Crippen molar-refractivity contribution in [3.8, 4) is 0 Å². The van der Waals surface area contributed by atoms with Crippen LogP contribution in [0.5, 0.6) is 0 Å². The fourth-order valence-electron chi connectivity index (χ4n) is 1.84. The maximum atomic E-state index is 12.0. The Morgan fingerprint density at radius 2 is 2.14 bits per heavy atom. The van der Waals surface area contributed by atoms with Crippen molar-refractivity contribution in [1.29, 1.82) is 0 Å². The van der Waals surface area contributed by atoms with E-state index in [9.17, 15) is 4.79 Å². The summed E-state index contributed by atoms with van der Waals surface area (Å²) < 4.78 is 0. The Hall–Kier alpha value is -1.69. The normalized spacial score (nSPS) is 15.4. The van der Waals surface area contributed by atoms with E-state index in [1.165, 1.54) is 11.8 Å². The van der Waals surface area contributed by atoms with Gasteiger partial charge in [0.15, 0.2) is 5.17 Å². The van der Waals surface area contributed by atoms with Gasteiger partial charge in [-0.15, -0.1) is 5.10 Å². The Balaban J connectivity index is 2.09. The van der Waals surface area contributed by atoms with Crippen molar-refractivity contribution in [3.05, 3.63) is 30.1 Å². The third-order valence-electron chi connectivity index (χ3n) is 3.41. The first-order valence-corrected chi connectivity index (χ1v) is 8.36. The lowest BCUT2D eigenvalue weighted by molar-refractivity contribution is -0.123. The van der Waals surface area contributed by atoms with Gasteiger partial charge in [0, 0.05) is 29.9 Å². The molecule has 0 spiro atoms. The molecular weight excluding hydrogens is 296 g/mol. The summed E-state index contributed by atoms with van der Waals surface area (Å²) in [5.74, 6) is 0.648. The smallest absolute Gasteiger partial charge is 0.186 e. The minimum absolute atomic E-state index is 0.221. The van der Waals surface area contributed by atoms with Gasteiger partial charge in [-0.2, -0.15) is 5.10 Å². The number of ketones is 1. The standard InChI is InChI=1S/C16H22N4OS/c1-5-20-10-13(12-7-6-8-17-9-12)18-19-15(20)22-11-14(21)16(2,3)4/h6-9H,5,10-11H2,1-4H3. The van der Waals surface area contributed by atoms with Crippen LogP contribution < -0.4 is 0 Å². The van der Waals surface area contributed by atoms with E-state index in [1.54, 1.807) is 12.4 Å². The van der Waals surface area contributed by atoms with E-state index >= 15 is 0 Å². The lowest BCUT2D eigenvalue weighted by Gasteiger charge is -2.27. The second-order valence-corrected chi connectivity index (χ2v) is 7.09. The van der Waals surface area contributed by atoms with Crippen LogP contribution in [0, 0.1) is 5.41 Å². The van der Waals surface area contributed by atoms with E-state index in [-0.39, 0.29) is 11.2 Å². The number of nitrogens with zero attached hydrogens (tertiary/aromatic N) is 4. The van der Waals surface area contributed by atoms with Crippen LogP contribution in [0.1, 0.15) is 33.3 Å². The van der Waals surface area contributed by atoms with Gasteiger partial charge in [-0.25, -0.2) is 0 Å². The van der Waals surface area contributed by atoms with Gasteiger partial charge in [0.25, 0.3) is 0 Å². The van der Waals surface area contributed by atoms with Crippen molar-refractivity contribution in [2.45, 2.75) is 27.7 Å². The summed E-state index contributed by atoms with van der Waals surface area (Å²) in [6.07, 6.45) is 3.54. The Morgan fingerprint density at radius 3 is 2.73 bits per heavy atom. The Kier molecular flexibility index (Phi) is 5.34. The molecule has 0 fully saturated rings. The van der Waals surface area contributed by atoms with Gasteiger partial charge < -0.3 is 4.90 Å². The molecule has 0 saturated carbocycles. The van der Waals surface area contributed by atoms with Crippen LogP contribution in [0.3, 0.4) is 0 Å². The topological polar surface area (TPSA) is 57.9 Å². The zero-order chi connectivity index (χ0) is 16.2. The highest BCUT2D eigenvalue weighted by Crippen LogP contribution is 2.21. The summed E-state index contributed by atoms with van der Waals surface area (Å²) in [7, 11) is 0. The number of aromatic nitrogens is 1. The number of hydrogen-bond donors (Lipinski definition) is 0.